The zero-order valence-corrected chi connectivity index (χ0v) is 13.6. The predicted molar refractivity (Wildman–Crippen MR) is 82.5 cm³/mol. The first kappa shape index (κ1) is 16.6. The van der Waals surface area contributed by atoms with Crippen LogP contribution in [0.25, 0.3) is 0 Å². The van der Waals surface area contributed by atoms with Gasteiger partial charge in [0.1, 0.15) is 0 Å². The SMILES string of the molecule is CCOCCOC(CNC(C)C)c1ccc(Br)cc1. The minimum atomic E-state index is 0.0657. The zero-order valence-electron chi connectivity index (χ0n) is 12.0. The Morgan fingerprint density at radius 2 is 1.84 bits per heavy atom. The summed E-state index contributed by atoms with van der Waals surface area (Å²) >= 11 is 3.45. The van der Waals surface area contributed by atoms with Gasteiger partial charge in [0.05, 0.1) is 19.3 Å². The predicted octanol–water partition coefficient (Wildman–Crippen LogP) is 3.54. The van der Waals surface area contributed by atoms with Gasteiger partial charge in [-0.1, -0.05) is 41.9 Å². The average molecular weight is 330 g/mol. The molecular formula is C15H24BrNO2. The molecule has 1 aromatic carbocycles. The smallest absolute Gasteiger partial charge is 0.0950 e. The Bertz CT molecular complexity index is 341. The van der Waals surface area contributed by atoms with Crippen molar-refractivity contribution in [1.82, 2.24) is 5.32 Å². The molecule has 19 heavy (non-hydrogen) atoms. The van der Waals surface area contributed by atoms with Crippen LogP contribution in [-0.4, -0.2) is 32.4 Å². The van der Waals surface area contributed by atoms with Crippen LogP contribution < -0.4 is 5.32 Å². The number of rotatable bonds is 9. The van der Waals surface area contributed by atoms with Crippen molar-refractivity contribution in [2.24, 2.45) is 0 Å². The van der Waals surface area contributed by atoms with Crippen molar-refractivity contribution in [3.05, 3.63) is 34.3 Å². The summed E-state index contributed by atoms with van der Waals surface area (Å²) < 4.78 is 12.3. The molecule has 1 atom stereocenters. The molecule has 0 aliphatic carbocycles. The van der Waals surface area contributed by atoms with E-state index in [0.717, 1.165) is 17.6 Å². The highest BCUT2D eigenvalue weighted by molar-refractivity contribution is 9.10. The molecule has 0 radical (unpaired) electrons. The average Bonchev–Trinajstić information content (AvgIpc) is 2.39. The van der Waals surface area contributed by atoms with Crippen LogP contribution in [0, 0.1) is 0 Å². The normalized spacial score (nSPS) is 12.9. The first-order valence-electron chi connectivity index (χ1n) is 6.81. The van der Waals surface area contributed by atoms with Crippen LogP contribution in [0.15, 0.2) is 28.7 Å². The van der Waals surface area contributed by atoms with Crippen LogP contribution >= 0.6 is 15.9 Å². The highest BCUT2D eigenvalue weighted by Gasteiger charge is 2.12. The van der Waals surface area contributed by atoms with E-state index in [9.17, 15) is 0 Å². The number of nitrogens with one attached hydrogen (secondary N) is 1. The van der Waals surface area contributed by atoms with Crippen molar-refractivity contribution in [2.45, 2.75) is 32.9 Å². The fraction of sp³-hybridized carbons (Fsp3) is 0.600. The molecule has 0 saturated heterocycles. The molecule has 0 amide bonds. The second-order valence-corrected chi connectivity index (χ2v) is 5.59. The molecule has 1 unspecified atom stereocenters. The van der Waals surface area contributed by atoms with Gasteiger partial charge >= 0.3 is 0 Å². The monoisotopic (exact) mass is 329 g/mol. The Balaban J connectivity index is 2.54. The molecular weight excluding hydrogens is 306 g/mol. The largest absolute Gasteiger partial charge is 0.379 e. The summed E-state index contributed by atoms with van der Waals surface area (Å²) in [6, 6.07) is 8.73. The number of hydrogen-bond acceptors (Lipinski definition) is 3. The van der Waals surface area contributed by atoms with Gasteiger partial charge < -0.3 is 14.8 Å². The van der Waals surface area contributed by atoms with E-state index in [2.05, 4.69) is 47.2 Å². The second-order valence-electron chi connectivity index (χ2n) is 4.67. The Kier molecular flexibility index (Phi) is 8.30. The van der Waals surface area contributed by atoms with Gasteiger partial charge in [0, 0.05) is 23.7 Å². The summed E-state index contributed by atoms with van der Waals surface area (Å²) in [4.78, 5) is 0. The number of benzene rings is 1. The minimum absolute atomic E-state index is 0.0657. The zero-order chi connectivity index (χ0) is 14.1. The molecule has 4 heteroatoms. The van der Waals surface area contributed by atoms with Gasteiger partial charge in [0.2, 0.25) is 0 Å². The molecule has 0 saturated carbocycles. The maximum Gasteiger partial charge on any atom is 0.0950 e. The lowest BCUT2D eigenvalue weighted by atomic mass is 10.1. The molecule has 0 aromatic heterocycles. The van der Waals surface area contributed by atoms with Crippen LogP contribution in [0.3, 0.4) is 0 Å². The molecule has 1 rings (SSSR count). The third-order valence-corrected chi connectivity index (χ3v) is 3.23. The summed E-state index contributed by atoms with van der Waals surface area (Å²) in [7, 11) is 0. The van der Waals surface area contributed by atoms with Gasteiger partial charge in [-0.15, -0.1) is 0 Å². The van der Waals surface area contributed by atoms with Crippen LogP contribution in [0.4, 0.5) is 0 Å². The summed E-state index contributed by atoms with van der Waals surface area (Å²) in [5.41, 5.74) is 1.19. The quantitative estimate of drug-likeness (QED) is 0.703. The molecule has 3 nitrogen and oxygen atoms in total. The van der Waals surface area contributed by atoms with Gasteiger partial charge in [0.15, 0.2) is 0 Å². The Labute approximate surface area is 124 Å². The molecule has 1 N–H and O–H groups in total. The van der Waals surface area contributed by atoms with Crippen molar-refractivity contribution in [3.8, 4) is 0 Å². The number of halogens is 1. The van der Waals surface area contributed by atoms with Crippen LogP contribution in [0.2, 0.25) is 0 Å². The topological polar surface area (TPSA) is 30.5 Å². The third kappa shape index (κ3) is 7.06. The van der Waals surface area contributed by atoms with E-state index in [4.69, 9.17) is 9.47 Å². The van der Waals surface area contributed by atoms with E-state index >= 15 is 0 Å². The van der Waals surface area contributed by atoms with E-state index in [1.807, 2.05) is 19.1 Å². The Morgan fingerprint density at radius 1 is 1.16 bits per heavy atom. The second kappa shape index (κ2) is 9.48. The molecule has 108 valence electrons. The van der Waals surface area contributed by atoms with Gasteiger partial charge in [-0.2, -0.15) is 0 Å². The number of ether oxygens (including phenoxy) is 2. The first-order valence-corrected chi connectivity index (χ1v) is 7.61. The van der Waals surface area contributed by atoms with Crippen LogP contribution in [-0.2, 0) is 9.47 Å². The lowest BCUT2D eigenvalue weighted by Crippen LogP contribution is -2.29. The Hall–Kier alpha value is -0.420. The van der Waals surface area contributed by atoms with E-state index in [-0.39, 0.29) is 6.10 Å². The molecule has 0 spiro atoms. The fourth-order valence-corrected chi connectivity index (χ4v) is 1.95. The summed E-state index contributed by atoms with van der Waals surface area (Å²) in [6.07, 6.45) is 0.0657. The van der Waals surface area contributed by atoms with Gasteiger partial charge in [-0.05, 0) is 24.6 Å². The highest BCUT2D eigenvalue weighted by Crippen LogP contribution is 2.19. The fourth-order valence-electron chi connectivity index (χ4n) is 1.69. The molecule has 0 bridgehead atoms. The maximum atomic E-state index is 5.92. The van der Waals surface area contributed by atoms with Gasteiger partial charge in [-0.25, -0.2) is 0 Å². The Morgan fingerprint density at radius 3 is 2.42 bits per heavy atom. The van der Waals surface area contributed by atoms with Crippen LogP contribution in [0.1, 0.15) is 32.4 Å². The van der Waals surface area contributed by atoms with E-state index in [1.165, 1.54) is 5.56 Å². The lowest BCUT2D eigenvalue weighted by molar-refractivity contribution is 0.00617. The molecule has 0 aliphatic rings. The van der Waals surface area contributed by atoms with E-state index < -0.39 is 0 Å². The number of hydrogen-bond donors (Lipinski definition) is 1. The van der Waals surface area contributed by atoms with Gasteiger partial charge in [-0.3, -0.25) is 0 Å². The van der Waals surface area contributed by atoms with E-state index in [1.54, 1.807) is 0 Å². The van der Waals surface area contributed by atoms with Crippen molar-refractivity contribution in [3.63, 3.8) is 0 Å². The maximum absolute atomic E-state index is 5.92. The summed E-state index contributed by atoms with van der Waals surface area (Å²) in [5.74, 6) is 0. The lowest BCUT2D eigenvalue weighted by Gasteiger charge is -2.20. The highest BCUT2D eigenvalue weighted by atomic mass is 79.9. The molecule has 1 aromatic rings. The van der Waals surface area contributed by atoms with Crippen molar-refractivity contribution < 1.29 is 9.47 Å². The van der Waals surface area contributed by atoms with Crippen molar-refractivity contribution in [1.29, 1.82) is 0 Å². The van der Waals surface area contributed by atoms with Crippen molar-refractivity contribution in [2.75, 3.05) is 26.4 Å². The van der Waals surface area contributed by atoms with E-state index in [0.29, 0.717) is 19.3 Å². The summed E-state index contributed by atoms with van der Waals surface area (Å²) in [5, 5.41) is 3.42. The third-order valence-electron chi connectivity index (χ3n) is 2.70. The molecule has 0 heterocycles. The molecule has 0 fully saturated rings. The standard InChI is InChI=1S/C15H24BrNO2/c1-4-18-9-10-19-15(11-17-12(2)3)13-5-7-14(16)8-6-13/h5-8,12,15,17H,4,9-11H2,1-3H3. The molecule has 0 aliphatic heterocycles. The summed E-state index contributed by atoms with van der Waals surface area (Å²) in [6.45, 7) is 9.08. The van der Waals surface area contributed by atoms with Crippen molar-refractivity contribution >= 4 is 15.9 Å². The first-order chi connectivity index (χ1) is 9.13. The van der Waals surface area contributed by atoms with Crippen LogP contribution in [0.5, 0.6) is 0 Å². The minimum Gasteiger partial charge on any atom is -0.379 e. The van der Waals surface area contributed by atoms with Gasteiger partial charge in [0.25, 0.3) is 0 Å².